The van der Waals surface area contributed by atoms with E-state index in [2.05, 4.69) is 5.32 Å². The van der Waals surface area contributed by atoms with Crippen molar-refractivity contribution in [1.82, 2.24) is 0 Å². The second-order valence-corrected chi connectivity index (χ2v) is 7.88. The molecule has 0 spiro atoms. The van der Waals surface area contributed by atoms with E-state index in [1.54, 1.807) is 24.3 Å². The molecule has 3 rings (SSSR count). The molecule has 5 nitrogen and oxygen atoms in total. The molecule has 0 atom stereocenters. The maximum Gasteiger partial charge on any atom is 0.418 e. The van der Waals surface area contributed by atoms with E-state index in [1.807, 2.05) is 0 Å². The highest BCUT2D eigenvalue weighted by Crippen LogP contribution is 2.47. The Hall–Kier alpha value is -2.49. The lowest BCUT2D eigenvalue weighted by Crippen LogP contribution is -2.30. The number of rotatable bonds is 3. The van der Waals surface area contributed by atoms with E-state index in [9.17, 15) is 27.6 Å². The first-order valence-electron chi connectivity index (χ1n) is 8.20. The third-order valence-corrected chi connectivity index (χ3v) is 5.42. The Kier molecular flexibility index (Phi) is 6.16. The predicted octanol–water partition coefficient (Wildman–Crippen LogP) is 6.21. The van der Waals surface area contributed by atoms with Crippen LogP contribution in [0.1, 0.15) is 18.1 Å². The van der Waals surface area contributed by atoms with Crippen LogP contribution in [-0.2, 0) is 15.8 Å². The van der Waals surface area contributed by atoms with Gasteiger partial charge in [0.2, 0.25) is 5.91 Å². The van der Waals surface area contributed by atoms with E-state index >= 15 is 0 Å². The quantitative estimate of drug-likeness (QED) is 0.536. The Morgan fingerprint density at radius 3 is 2.30 bits per heavy atom. The lowest BCUT2D eigenvalue weighted by molar-refractivity contribution is -0.137. The van der Waals surface area contributed by atoms with Crippen LogP contribution in [0.2, 0.25) is 10.0 Å². The second-order valence-electron chi connectivity index (χ2n) is 6.07. The van der Waals surface area contributed by atoms with Crippen LogP contribution in [0.25, 0.3) is 6.08 Å². The predicted molar refractivity (Wildman–Crippen MR) is 111 cm³/mol. The van der Waals surface area contributed by atoms with Gasteiger partial charge >= 0.3 is 6.18 Å². The van der Waals surface area contributed by atoms with Crippen LogP contribution in [0.4, 0.5) is 29.3 Å². The topological polar surface area (TPSA) is 66.5 Å². The van der Waals surface area contributed by atoms with Gasteiger partial charge in [-0.25, -0.2) is 4.90 Å². The minimum absolute atomic E-state index is 0.0866. The number of hydrogen-bond donors (Lipinski definition) is 1. The highest BCUT2D eigenvalue weighted by Gasteiger charge is 2.44. The number of alkyl halides is 3. The first-order valence-corrected chi connectivity index (χ1v) is 9.77. The monoisotopic (exact) mass is 474 g/mol. The minimum atomic E-state index is -4.90. The number of hydrogen-bond acceptors (Lipinski definition) is 4. The number of anilines is 2. The molecule has 0 unspecified atom stereocenters. The first-order chi connectivity index (χ1) is 14.0. The first kappa shape index (κ1) is 22.2. The molecule has 1 aliphatic rings. The van der Waals surface area contributed by atoms with Gasteiger partial charge in [-0.2, -0.15) is 13.2 Å². The molecule has 11 heteroatoms. The van der Waals surface area contributed by atoms with Gasteiger partial charge in [-0.1, -0.05) is 35.3 Å². The van der Waals surface area contributed by atoms with Crippen molar-refractivity contribution >= 4 is 69.5 Å². The number of carbonyl (C=O) groups excluding carboxylic acids is 3. The summed E-state index contributed by atoms with van der Waals surface area (Å²) < 4.78 is 40.7. The zero-order chi connectivity index (χ0) is 22.2. The molecule has 30 heavy (non-hydrogen) atoms. The van der Waals surface area contributed by atoms with Gasteiger partial charge < -0.3 is 5.32 Å². The number of benzene rings is 2. The number of amides is 3. The fourth-order valence-electron chi connectivity index (χ4n) is 2.67. The van der Waals surface area contributed by atoms with Crippen molar-refractivity contribution in [3.05, 3.63) is 62.5 Å². The third-order valence-electron chi connectivity index (χ3n) is 3.92. The van der Waals surface area contributed by atoms with Gasteiger partial charge in [0.15, 0.2) is 0 Å². The summed E-state index contributed by atoms with van der Waals surface area (Å²) in [5.74, 6) is -1.55. The normalized spacial score (nSPS) is 15.8. The maximum atomic E-state index is 13.6. The van der Waals surface area contributed by atoms with Crippen LogP contribution in [0.3, 0.4) is 0 Å². The van der Waals surface area contributed by atoms with Gasteiger partial charge in [0.1, 0.15) is 0 Å². The van der Waals surface area contributed by atoms with E-state index in [0.29, 0.717) is 33.3 Å². The smallest absolute Gasteiger partial charge is 0.325 e. The van der Waals surface area contributed by atoms with E-state index in [-0.39, 0.29) is 10.6 Å². The van der Waals surface area contributed by atoms with Crippen molar-refractivity contribution in [2.75, 3.05) is 10.2 Å². The van der Waals surface area contributed by atoms with Crippen molar-refractivity contribution in [3.8, 4) is 0 Å². The maximum absolute atomic E-state index is 13.6. The molecule has 2 aromatic rings. The van der Waals surface area contributed by atoms with Crippen molar-refractivity contribution in [2.24, 2.45) is 0 Å². The van der Waals surface area contributed by atoms with Gasteiger partial charge in [-0.05, 0) is 47.7 Å². The van der Waals surface area contributed by atoms with Crippen LogP contribution in [-0.4, -0.2) is 17.1 Å². The molecule has 0 saturated carbocycles. The molecule has 3 amide bonds. The van der Waals surface area contributed by atoms with Gasteiger partial charge in [0.05, 0.1) is 26.9 Å². The zero-order valence-electron chi connectivity index (χ0n) is 15.0. The van der Waals surface area contributed by atoms with Crippen LogP contribution >= 0.6 is 35.0 Å². The molecular formula is C19H11Cl2F3N2O3S. The zero-order valence-corrected chi connectivity index (χ0v) is 17.3. The van der Waals surface area contributed by atoms with Crippen molar-refractivity contribution in [1.29, 1.82) is 0 Å². The average Bonchev–Trinajstić information content (AvgIpc) is 2.91. The molecule has 1 saturated heterocycles. The van der Waals surface area contributed by atoms with E-state index in [0.717, 1.165) is 13.0 Å². The minimum Gasteiger partial charge on any atom is -0.325 e. The molecule has 0 aromatic heterocycles. The summed E-state index contributed by atoms with van der Waals surface area (Å²) >= 11 is 12.4. The second kappa shape index (κ2) is 8.33. The van der Waals surface area contributed by atoms with Gasteiger partial charge in [0, 0.05) is 11.9 Å². The number of nitrogens with zero attached hydrogens (tertiary/aromatic N) is 1. The Balaban J connectivity index is 2.11. The Labute approximate surface area is 182 Å². The van der Waals surface area contributed by atoms with E-state index in [4.69, 9.17) is 23.2 Å². The SMILES string of the molecule is CC(=O)Nc1ccc(C(F)(F)F)c(N2C(=O)S/C(=C\c3ccc(Cl)cc3)C2=O)c1Cl. The molecule has 0 bridgehead atoms. The van der Waals surface area contributed by atoms with Crippen LogP contribution < -0.4 is 10.2 Å². The van der Waals surface area contributed by atoms with Crippen molar-refractivity contribution < 1.29 is 27.6 Å². The van der Waals surface area contributed by atoms with Crippen molar-refractivity contribution in [3.63, 3.8) is 0 Å². The molecule has 156 valence electrons. The van der Waals surface area contributed by atoms with Gasteiger partial charge in [0.25, 0.3) is 11.1 Å². The van der Waals surface area contributed by atoms with Crippen LogP contribution in [0, 0.1) is 0 Å². The standard InChI is InChI=1S/C19H11Cl2F3N2O3S/c1-9(27)25-13-7-6-12(19(22,23)24)16(15(13)21)26-17(28)14(30-18(26)29)8-10-2-4-11(20)5-3-10/h2-8H,1H3,(H,25,27)/b14-8-. The summed E-state index contributed by atoms with van der Waals surface area (Å²) in [5, 5.41) is 1.21. The lowest BCUT2D eigenvalue weighted by Gasteiger charge is -2.22. The fraction of sp³-hybridized carbons (Fsp3) is 0.105. The fourth-order valence-corrected chi connectivity index (χ4v) is 3.92. The van der Waals surface area contributed by atoms with E-state index < -0.39 is 39.5 Å². The molecule has 1 aliphatic heterocycles. The summed E-state index contributed by atoms with van der Waals surface area (Å²) in [6.07, 6.45) is -3.54. The highest BCUT2D eigenvalue weighted by atomic mass is 35.5. The Morgan fingerprint density at radius 2 is 1.73 bits per heavy atom. The average molecular weight is 475 g/mol. The molecule has 1 heterocycles. The van der Waals surface area contributed by atoms with Crippen LogP contribution in [0.5, 0.6) is 0 Å². The number of imide groups is 1. The Bertz CT molecular complexity index is 1090. The summed E-state index contributed by atoms with van der Waals surface area (Å²) in [7, 11) is 0. The summed E-state index contributed by atoms with van der Waals surface area (Å²) in [5.41, 5.74) is -1.75. The summed E-state index contributed by atoms with van der Waals surface area (Å²) in [4.78, 5) is 36.9. The highest BCUT2D eigenvalue weighted by molar-refractivity contribution is 8.19. The van der Waals surface area contributed by atoms with E-state index in [1.165, 1.54) is 6.08 Å². The molecule has 1 N–H and O–H groups in total. The molecule has 0 aliphatic carbocycles. The summed E-state index contributed by atoms with van der Waals surface area (Å²) in [6.45, 7) is 1.14. The van der Waals surface area contributed by atoms with Crippen molar-refractivity contribution in [2.45, 2.75) is 13.1 Å². The van der Waals surface area contributed by atoms with Crippen LogP contribution in [0.15, 0.2) is 41.3 Å². The largest absolute Gasteiger partial charge is 0.418 e. The Morgan fingerprint density at radius 1 is 1.10 bits per heavy atom. The molecular weight excluding hydrogens is 464 g/mol. The number of carbonyl (C=O) groups is 3. The molecule has 0 radical (unpaired) electrons. The number of thioether (sulfide) groups is 1. The molecule has 1 fully saturated rings. The van der Waals surface area contributed by atoms with Gasteiger partial charge in [-0.15, -0.1) is 0 Å². The molecule has 2 aromatic carbocycles. The third kappa shape index (κ3) is 4.48. The number of halogens is 5. The number of nitrogens with one attached hydrogen (secondary N) is 1. The summed E-state index contributed by atoms with van der Waals surface area (Å²) in [6, 6.07) is 7.90. The van der Waals surface area contributed by atoms with Gasteiger partial charge in [-0.3, -0.25) is 14.4 Å². The lowest BCUT2D eigenvalue weighted by atomic mass is 10.1.